The lowest BCUT2D eigenvalue weighted by molar-refractivity contribution is 1.30. The van der Waals surface area contributed by atoms with Gasteiger partial charge < -0.3 is 0 Å². The summed E-state index contributed by atoms with van der Waals surface area (Å²) in [7, 11) is 0. The summed E-state index contributed by atoms with van der Waals surface area (Å²) in [5, 5.41) is 0. The minimum absolute atomic E-state index is 0.547. The normalized spacial score (nSPS) is 10.8. The number of aromatic nitrogens is 1. The third-order valence-corrected chi connectivity index (χ3v) is 2.55. The van der Waals surface area contributed by atoms with Crippen LogP contribution in [0.1, 0.15) is 16.8 Å². The van der Waals surface area contributed by atoms with Crippen molar-refractivity contribution in [3.63, 3.8) is 0 Å². The molecule has 1 heterocycles. The summed E-state index contributed by atoms with van der Waals surface area (Å²) in [5.41, 5.74) is 3.23. The highest BCUT2D eigenvalue weighted by molar-refractivity contribution is 6.17. The summed E-state index contributed by atoms with van der Waals surface area (Å²) < 4.78 is 0. The van der Waals surface area contributed by atoms with Gasteiger partial charge in [0, 0.05) is 12.1 Å². The molecule has 0 radical (unpaired) electrons. The molecule has 0 amide bonds. The number of pyridine rings is 1. The zero-order valence-corrected chi connectivity index (χ0v) is 9.56. The number of halogens is 1. The van der Waals surface area contributed by atoms with E-state index in [4.69, 9.17) is 11.6 Å². The molecule has 0 aliphatic rings. The Kier molecular flexibility index (Phi) is 3.73. The van der Waals surface area contributed by atoms with Crippen LogP contribution >= 0.6 is 11.6 Å². The van der Waals surface area contributed by atoms with Gasteiger partial charge in [-0.3, -0.25) is 4.98 Å². The lowest BCUT2D eigenvalue weighted by Gasteiger charge is -1.97. The van der Waals surface area contributed by atoms with Gasteiger partial charge >= 0.3 is 0 Å². The molecule has 0 unspecified atom stereocenters. The Bertz CT molecular complexity index is 477. The second-order valence-electron chi connectivity index (χ2n) is 3.47. The van der Waals surface area contributed by atoms with Crippen molar-refractivity contribution in [2.24, 2.45) is 0 Å². The van der Waals surface area contributed by atoms with Gasteiger partial charge in [-0.2, -0.15) is 0 Å². The zero-order valence-electron chi connectivity index (χ0n) is 8.81. The first-order valence-electron chi connectivity index (χ1n) is 5.12. The van der Waals surface area contributed by atoms with E-state index in [2.05, 4.69) is 17.1 Å². The Hall–Kier alpha value is -1.60. The summed E-state index contributed by atoms with van der Waals surface area (Å²) in [6.07, 6.45) is 5.82. The summed E-state index contributed by atoms with van der Waals surface area (Å²) >= 11 is 5.78. The number of rotatable bonds is 3. The maximum Gasteiger partial charge on any atom is 0.0629 e. The van der Waals surface area contributed by atoms with Crippen molar-refractivity contribution >= 4 is 23.8 Å². The predicted octanol–water partition coefficient (Wildman–Crippen LogP) is 3.99. The van der Waals surface area contributed by atoms with E-state index in [1.54, 1.807) is 6.20 Å². The van der Waals surface area contributed by atoms with Crippen molar-refractivity contribution in [1.82, 2.24) is 4.98 Å². The highest BCUT2D eigenvalue weighted by atomic mass is 35.5. The van der Waals surface area contributed by atoms with E-state index < -0.39 is 0 Å². The maximum absolute atomic E-state index is 5.78. The summed E-state index contributed by atoms with van der Waals surface area (Å²) in [4.78, 5) is 4.22. The van der Waals surface area contributed by atoms with Crippen molar-refractivity contribution < 1.29 is 0 Å². The Morgan fingerprint density at radius 1 is 1.06 bits per heavy atom. The van der Waals surface area contributed by atoms with Gasteiger partial charge in [0.05, 0.1) is 5.69 Å². The van der Waals surface area contributed by atoms with Gasteiger partial charge in [-0.25, -0.2) is 0 Å². The first kappa shape index (κ1) is 10.9. The van der Waals surface area contributed by atoms with Crippen molar-refractivity contribution in [2.45, 2.75) is 5.88 Å². The van der Waals surface area contributed by atoms with Gasteiger partial charge in [0.1, 0.15) is 0 Å². The molecule has 2 heteroatoms. The van der Waals surface area contributed by atoms with Crippen molar-refractivity contribution in [1.29, 1.82) is 0 Å². The molecule has 0 spiro atoms. The van der Waals surface area contributed by atoms with Crippen molar-refractivity contribution in [3.05, 3.63) is 65.5 Å². The molecule has 1 aromatic carbocycles. The number of benzene rings is 1. The van der Waals surface area contributed by atoms with E-state index >= 15 is 0 Å². The van der Waals surface area contributed by atoms with Gasteiger partial charge in [-0.1, -0.05) is 36.4 Å². The van der Waals surface area contributed by atoms with Crippen LogP contribution in [-0.2, 0) is 5.88 Å². The fourth-order valence-electron chi connectivity index (χ4n) is 1.44. The zero-order chi connectivity index (χ0) is 11.2. The molecular weight excluding hydrogens is 218 g/mol. The molecule has 16 heavy (non-hydrogen) atoms. The van der Waals surface area contributed by atoms with E-state index in [0.717, 1.165) is 16.8 Å². The van der Waals surface area contributed by atoms with Crippen LogP contribution in [-0.4, -0.2) is 4.98 Å². The van der Waals surface area contributed by atoms with Crippen molar-refractivity contribution in [3.8, 4) is 0 Å². The van der Waals surface area contributed by atoms with Crippen LogP contribution in [0.5, 0.6) is 0 Å². The number of hydrogen-bond acceptors (Lipinski definition) is 1. The average molecular weight is 230 g/mol. The van der Waals surface area contributed by atoms with E-state index in [0.29, 0.717) is 5.88 Å². The Labute approximate surface area is 100 Å². The number of hydrogen-bond donors (Lipinski definition) is 0. The molecule has 0 saturated carbocycles. The average Bonchev–Trinajstić information content (AvgIpc) is 2.38. The summed E-state index contributed by atoms with van der Waals surface area (Å²) in [6.45, 7) is 0. The topological polar surface area (TPSA) is 12.9 Å². The minimum Gasteiger partial charge on any atom is -0.257 e. The minimum atomic E-state index is 0.547. The first-order valence-corrected chi connectivity index (χ1v) is 5.66. The largest absolute Gasteiger partial charge is 0.257 e. The lowest BCUT2D eigenvalue weighted by Crippen LogP contribution is -1.80. The first-order chi connectivity index (χ1) is 7.88. The third-order valence-electron chi connectivity index (χ3n) is 2.24. The van der Waals surface area contributed by atoms with Crippen LogP contribution in [0.2, 0.25) is 0 Å². The fraction of sp³-hybridized carbons (Fsp3) is 0.0714. The molecule has 1 aromatic heterocycles. The van der Waals surface area contributed by atoms with E-state index in [-0.39, 0.29) is 0 Å². The van der Waals surface area contributed by atoms with E-state index in [9.17, 15) is 0 Å². The van der Waals surface area contributed by atoms with Gasteiger partial charge in [0.2, 0.25) is 0 Å². The van der Waals surface area contributed by atoms with Crippen LogP contribution in [0.3, 0.4) is 0 Å². The highest BCUT2D eigenvalue weighted by Crippen LogP contribution is 2.10. The SMILES string of the molecule is ClCc1cccc(/C=C/c2ccccn2)c1. The van der Waals surface area contributed by atoms with Crippen molar-refractivity contribution in [2.75, 3.05) is 0 Å². The molecule has 1 nitrogen and oxygen atoms in total. The third kappa shape index (κ3) is 2.94. The summed E-state index contributed by atoms with van der Waals surface area (Å²) in [6, 6.07) is 14.0. The van der Waals surface area contributed by atoms with Gasteiger partial charge in [0.15, 0.2) is 0 Å². The fourth-order valence-corrected chi connectivity index (χ4v) is 1.60. The molecule has 0 atom stereocenters. The molecular formula is C14H12ClN. The molecule has 0 aliphatic heterocycles. The highest BCUT2D eigenvalue weighted by Gasteiger charge is 1.91. The number of alkyl halides is 1. The Morgan fingerprint density at radius 2 is 2.00 bits per heavy atom. The quantitative estimate of drug-likeness (QED) is 0.726. The second kappa shape index (κ2) is 5.47. The second-order valence-corrected chi connectivity index (χ2v) is 3.73. The van der Waals surface area contributed by atoms with Gasteiger partial charge in [-0.05, 0) is 29.3 Å². The van der Waals surface area contributed by atoms with E-state index in [1.807, 2.05) is 42.5 Å². The lowest BCUT2D eigenvalue weighted by atomic mass is 10.1. The molecule has 2 rings (SSSR count). The smallest absolute Gasteiger partial charge is 0.0629 e. The van der Waals surface area contributed by atoms with Crippen LogP contribution in [0.4, 0.5) is 0 Å². The Balaban J connectivity index is 2.17. The number of nitrogens with zero attached hydrogens (tertiary/aromatic N) is 1. The standard InChI is InChI=1S/C14H12ClN/c15-11-13-5-3-4-12(10-13)7-8-14-6-1-2-9-16-14/h1-10H,11H2/b8-7+. The molecule has 0 fully saturated rings. The van der Waals surface area contributed by atoms with Gasteiger partial charge in [-0.15, -0.1) is 11.6 Å². The molecule has 2 aromatic rings. The molecule has 0 bridgehead atoms. The monoisotopic (exact) mass is 229 g/mol. The molecule has 80 valence electrons. The predicted molar refractivity (Wildman–Crippen MR) is 69.2 cm³/mol. The van der Waals surface area contributed by atoms with Crippen LogP contribution < -0.4 is 0 Å². The van der Waals surface area contributed by atoms with Crippen LogP contribution in [0, 0.1) is 0 Å². The van der Waals surface area contributed by atoms with E-state index in [1.165, 1.54) is 0 Å². The summed E-state index contributed by atoms with van der Waals surface area (Å²) in [5.74, 6) is 0.547. The molecule has 0 N–H and O–H groups in total. The van der Waals surface area contributed by atoms with Crippen LogP contribution in [0.15, 0.2) is 48.7 Å². The van der Waals surface area contributed by atoms with Gasteiger partial charge in [0.25, 0.3) is 0 Å². The molecule has 0 saturated heterocycles. The Morgan fingerprint density at radius 3 is 2.75 bits per heavy atom. The van der Waals surface area contributed by atoms with Crippen LogP contribution in [0.25, 0.3) is 12.2 Å². The molecule has 0 aliphatic carbocycles. The maximum atomic E-state index is 5.78.